The molecule has 1 fully saturated rings. The predicted octanol–water partition coefficient (Wildman–Crippen LogP) is 2.69. The van der Waals surface area contributed by atoms with Gasteiger partial charge in [-0.25, -0.2) is 16.8 Å². The van der Waals surface area contributed by atoms with Gasteiger partial charge in [-0.2, -0.15) is 0 Å². The molecule has 0 spiro atoms. The molecule has 0 unspecified atom stereocenters. The van der Waals surface area contributed by atoms with Crippen LogP contribution in [0.2, 0.25) is 0 Å². The molecule has 1 aliphatic carbocycles. The summed E-state index contributed by atoms with van der Waals surface area (Å²) in [6.07, 6.45) is -2.43. The van der Waals surface area contributed by atoms with Gasteiger partial charge in [0.05, 0.1) is 10.1 Å². The first-order chi connectivity index (χ1) is 12.0. The number of rotatable bonds is 3. The molecule has 0 atom stereocenters. The van der Waals surface area contributed by atoms with E-state index in [-0.39, 0.29) is 12.8 Å². The van der Waals surface area contributed by atoms with Crippen molar-refractivity contribution in [3.63, 3.8) is 0 Å². The van der Waals surface area contributed by atoms with E-state index in [4.69, 9.17) is 5.53 Å². The summed E-state index contributed by atoms with van der Waals surface area (Å²) in [7, 11) is -9.16. The van der Waals surface area contributed by atoms with Gasteiger partial charge in [-0.1, -0.05) is 19.3 Å². The van der Waals surface area contributed by atoms with Crippen LogP contribution in [0, 0.1) is 0 Å². The van der Waals surface area contributed by atoms with E-state index in [1.807, 2.05) is 0 Å². The van der Waals surface area contributed by atoms with E-state index in [1.54, 1.807) is 0 Å². The lowest BCUT2D eigenvalue weighted by Crippen LogP contribution is -2.35. The first-order valence-corrected chi connectivity index (χ1v) is 10.6. The zero-order valence-electron chi connectivity index (χ0n) is 13.3. The largest absolute Gasteiger partial charge is 0.573 e. The van der Waals surface area contributed by atoms with Crippen LogP contribution in [0.25, 0.3) is 5.53 Å². The summed E-state index contributed by atoms with van der Waals surface area (Å²) in [5.74, 6) is -0.672. The van der Waals surface area contributed by atoms with Gasteiger partial charge in [-0.15, -0.1) is 18.0 Å². The highest BCUT2D eigenvalue weighted by molar-refractivity contribution is 8.31. The monoisotopic (exact) mass is 412 g/mol. The van der Waals surface area contributed by atoms with Gasteiger partial charge in [0.1, 0.15) is 5.75 Å². The fourth-order valence-electron chi connectivity index (χ4n) is 2.70. The normalized spacial score (nSPS) is 16.7. The summed E-state index contributed by atoms with van der Waals surface area (Å²) in [6.45, 7) is 0. The second-order valence-electron chi connectivity index (χ2n) is 5.69. The van der Waals surface area contributed by atoms with E-state index in [0.29, 0.717) is 12.8 Å². The van der Waals surface area contributed by atoms with Crippen molar-refractivity contribution in [1.29, 1.82) is 0 Å². The highest BCUT2D eigenvalue weighted by Gasteiger charge is 2.47. The summed E-state index contributed by atoms with van der Waals surface area (Å²) in [5.41, 5.74) is 9.05. The molecule has 0 bridgehead atoms. The lowest BCUT2D eigenvalue weighted by atomic mass is 10.0. The van der Waals surface area contributed by atoms with Crippen molar-refractivity contribution in [1.82, 2.24) is 0 Å². The number of hydrogen-bond acceptors (Lipinski definition) is 5. The molecule has 26 heavy (non-hydrogen) atoms. The Bertz CT molecular complexity index is 912. The molecule has 1 saturated carbocycles. The van der Waals surface area contributed by atoms with E-state index >= 15 is 0 Å². The Morgan fingerprint density at radius 2 is 1.58 bits per heavy atom. The number of ether oxygens (including phenoxy) is 1. The topological polar surface area (TPSA) is 114 Å². The Morgan fingerprint density at radius 3 is 2.04 bits per heavy atom. The summed E-state index contributed by atoms with van der Waals surface area (Å²) in [6, 6.07) is 2.95. The molecule has 1 aliphatic rings. The average molecular weight is 412 g/mol. The molecule has 2 rings (SSSR count). The van der Waals surface area contributed by atoms with Crippen LogP contribution >= 0.6 is 0 Å². The number of sulfone groups is 2. The summed E-state index contributed by atoms with van der Waals surface area (Å²) < 4.78 is 88.8. The molecule has 0 N–H and O–H groups in total. The summed E-state index contributed by atoms with van der Waals surface area (Å²) in [4.78, 5) is 1.87. The van der Waals surface area contributed by atoms with Crippen LogP contribution in [0.5, 0.6) is 5.75 Å². The van der Waals surface area contributed by atoms with Crippen LogP contribution in [0.1, 0.15) is 32.1 Å². The predicted molar refractivity (Wildman–Crippen MR) is 84.7 cm³/mol. The Hall–Kier alpha value is -1.91. The molecule has 1 aromatic carbocycles. The average Bonchev–Trinajstić information content (AvgIpc) is 2.55. The van der Waals surface area contributed by atoms with Crippen molar-refractivity contribution in [3.8, 4) is 5.75 Å². The van der Waals surface area contributed by atoms with Crippen LogP contribution in [-0.2, 0) is 19.7 Å². The highest BCUT2D eigenvalue weighted by atomic mass is 32.3. The molecule has 0 saturated heterocycles. The molecule has 0 heterocycles. The molecule has 1 aromatic rings. The van der Waals surface area contributed by atoms with E-state index in [9.17, 15) is 30.0 Å². The van der Waals surface area contributed by atoms with Crippen molar-refractivity contribution < 1.29 is 39.5 Å². The molecule has 0 radical (unpaired) electrons. The molecular weight excluding hydrogens is 397 g/mol. The lowest BCUT2D eigenvalue weighted by molar-refractivity contribution is -0.274. The minimum absolute atomic E-state index is 0.245. The number of alkyl halides is 3. The molecule has 0 aliphatic heterocycles. The van der Waals surface area contributed by atoms with E-state index < -0.39 is 46.3 Å². The number of halogens is 3. The number of hydrogen-bond donors (Lipinski definition) is 0. The van der Waals surface area contributed by atoms with Gasteiger partial charge in [-0.3, -0.25) is 0 Å². The maximum absolute atomic E-state index is 12.5. The van der Waals surface area contributed by atoms with Gasteiger partial charge in [0, 0.05) is 0 Å². The van der Waals surface area contributed by atoms with Crippen molar-refractivity contribution in [2.75, 3.05) is 0 Å². The zero-order chi connectivity index (χ0) is 19.6. The second-order valence-corrected chi connectivity index (χ2v) is 9.96. The Labute approximate surface area is 148 Å². The van der Waals surface area contributed by atoms with Gasteiger partial charge in [0.25, 0.3) is 19.7 Å². The van der Waals surface area contributed by atoms with Gasteiger partial charge in [0.15, 0.2) is 0 Å². The van der Waals surface area contributed by atoms with Crippen molar-refractivity contribution >= 4 is 24.1 Å². The van der Waals surface area contributed by atoms with Crippen molar-refractivity contribution in [2.24, 2.45) is 0 Å². The van der Waals surface area contributed by atoms with Crippen LogP contribution in [-0.4, -0.2) is 37.6 Å². The summed E-state index contributed by atoms with van der Waals surface area (Å²) >= 11 is 0. The second kappa shape index (κ2) is 7.37. The van der Waals surface area contributed by atoms with Gasteiger partial charge in [0.2, 0.25) is 0 Å². The van der Waals surface area contributed by atoms with Gasteiger partial charge in [-0.05, 0) is 37.1 Å². The number of benzene rings is 1. The molecular formula is C14H15F3N2O5S2. The Balaban J connectivity index is 2.36. The van der Waals surface area contributed by atoms with Crippen LogP contribution in [0.3, 0.4) is 0 Å². The third-order valence-electron chi connectivity index (χ3n) is 3.91. The smallest absolute Gasteiger partial charge is 0.406 e. The minimum atomic E-state index is -4.96. The summed E-state index contributed by atoms with van der Waals surface area (Å²) in [5, 5.41) is -0.982. The highest BCUT2D eigenvalue weighted by Crippen LogP contribution is 2.28. The minimum Gasteiger partial charge on any atom is -0.406 e. The fraction of sp³-hybridized carbons (Fsp3) is 0.500. The maximum Gasteiger partial charge on any atom is 0.573 e. The number of nitrogens with zero attached hydrogens (tertiary/aromatic N) is 2. The maximum atomic E-state index is 12.5. The molecule has 144 valence electrons. The van der Waals surface area contributed by atoms with Gasteiger partial charge < -0.3 is 10.3 Å². The lowest BCUT2D eigenvalue weighted by Gasteiger charge is -2.19. The van der Waals surface area contributed by atoms with E-state index in [2.05, 4.69) is 9.53 Å². The molecule has 0 aromatic heterocycles. The molecule has 7 nitrogen and oxygen atoms in total. The standard InChI is InChI=1S/C14H15F3N2O5S2/c15-14(16,17)24-10-6-8-12(9-7-10)26(22,23)13(19-18)25(20,21)11-4-2-1-3-5-11/h6-9,11H,1-5H2. The van der Waals surface area contributed by atoms with E-state index in [1.165, 1.54) is 0 Å². The third kappa shape index (κ3) is 4.43. The molecule has 0 amide bonds. The Morgan fingerprint density at radius 1 is 1.04 bits per heavy atom. The zero-order valence-corrected chi connectivity index (χ0v) is 14.9. The van der Waals surface area contributed by atoms with Crippen LogP contribution < -0.4 is 4.74 Å². The van der Waals surface area contributed by atoms with Gasteiger partial charge >= 0.3 is 10.7 Å². The Kier molecular flexibility index (Phi) is 5.79. The first kappa shape index (κ1) is 20.4. The quantitative estimate of drug-likeness (QED) is 0.328. The third-order valence-corrected chi connectivity index (χ3v) is 8.62. The first-order valence-electron chi connectivity index (χ1n) is 7.55. The van der Waals surface area contributed by atoms with Crippen LogP contribution in [0.15, 0.2) is 29.2 Å². The van der Waals surface area contributed by atoms with Crippen molar-refractivity contribution in [2.45, 2.75) is 48.6 Å². The van der Waals surface area contributed by atoms with Crippen molar-refractivity contribution in [3.05, 3.63) is 29.8 Å². The molecule has 12 heteroatoms. The van der Waals surface area contributed by atoms with Crippen LogP contribution in [0.4, 0.5) is 13.2 Å². The fourth-order valence-corrected chi connectivity index (χ4v) is 6.78. The van der Waals surface area contributed by atoms with E-state index in [0.717, 1.165) is 30.7 Å². The SMILES string of the molecule is [N-]=[N+]=C(S(=O)(=O)c1ccc(OC(F)(F)F)cc1)S(=O)(=O)C1CCCCC1.